The first kappa shape index (κ1) is 25.1. The predicted molar refractivity (Wildman–Crippen MR) is 150 cm³/mol. The van der Waals surface area contributed by atoms with Gasteiger partial charge in [-0.05, 0) is 54.7 Å². The van der Waals surface area contributed by atoms with Gasteiger partial charge in [0.15, 0.2) is 0 Å². The first-order chi connectivity index (χ1) is 18.9. The number of fused-ring (bicyclic) bond motifs is 2. The number of piperidine rings is 1. The van der Waals surface area contributed by atoms with Crippen LogP contribution in [0.1, 0.15) is 34.3 Å². The lowest BCUT2D eigenvalue weighted by atomic mass is 9.90. The number of likely N-dealkylation sites (tertiary alicyclic amines) is 1. The molecule has 8 heteroatoms. The Morgan fingerprint density at radius 2 is 1.82 bits per heavy atom. The zero-order valence-electron chi connectivity index (χ0n) is 22.0. The Morgan fingerprint density at radius 1 is 1.03 bits per heavy atom. The van der Waals surface area contributed by atoms with Crippen molar-refractivity contribution in [2.75, 3.05) is 31.6 Å². The predicted octanol–water partition coefficient (Wildman–Crippen LogP) is 3.64. The van der Waals surface area contributed by atoms with Crippen molar-refractivity contribution >= 4 is 22.5 Å². The number of anilines is 1. The van der Waals surface area contributed by atoms with Crippen LogP contribution in [0.3, 0.4) is 0 Å². The molecule has 4 aromatic rings. The lowest BCUT2D eigenvalue weighted by molar-refractivity contribution is -0.0299. The van der Waals surface area contributed by atoms with Crippen LogP contribution in [0, 0.1) is 0 Å². The van der Waals surface area contributed by atoms with Crippen LogP contribution in [0.4, 0.5) is 5.69 Å². The topological polar surface area (TPSA) is 87.9 Å². The van der Waals surface area contributed by atoms with Crippen molar-refractivity contribution in [3.63, 3.8) is 0 Å². The zero-order valence-corrected chi connectivity index (χ0v) is 22.0. The molecule has 200 valence electrons. The van der Waals surface area contributed by atoms with E-state index in [4.69, 9.17) is 4.74 Å². The second-order valence-electron chi connectivity index (χ2n) is 10.5. The van der Waals surface area contributed by atoms with E-state index in [9.17, 15) is 14.7 Å². The zero-order chi connectivity index (χ0) is 27.0. The second-order valence-corrected chi connectivity index (χ2v) is 10.5. The Hall–Kier alpha value is -4.17. The molecule has 0 bridgehead atoms. The van der Waals surface area contributed by atoms with Gasteiger partial charge in [-0.1, -0.05) is 36.4 Å². The summed E-state index contributed by atoms with van der Waals surface area (Å²) in [6.07, 6.45) is 3.10. The molecule has 1 saturated heterocycles. The first-order valence-electron chi connectivity index (χ1n) is 13.4. The maximum atomic E-state index is 13.6. The van der Waals surface area contributed by atoms with E-state index in [2.05, 4.69) is 28.1 Å². The maximum absolute atomic E-state index is 13.6. The minimum Gasteiger partial charge on any atom is -0.497 e. The number of carbonyl (C=O) groups is 1. The van der Waals surface area contributed by atoms with Crippen molar-refractivity contribution < 1.29 is 14.6 Å². The number of amides is 1. The molecule has 0 saturated carbocycles. The lowest BCUT2D eigenvalue weighted by Crippen LogP contribution is -2.49. The monoisotopic (exact) mass is 524 g/mol. The van der Waals surface area contributed by atoms with Gasteiger partial charge >= 0.3 is 0 Å². The fourth-order valence-corrected chi connectivity index (χ4v) is 5.82. The minimum absolute atomic E-state index is 0.00828. The summed E-state index contributed by atoms with van der Waals surface area (Å²) in [4.78, 5) is 35.2. The molecule has 39 heavy (non-hydrogen) atoms. The number of rotatable bonds is 6. The summed E-state index contributed by atoms with van der Waals surface area (Å²) >= 11 is 0. The van der Waals surface area contributed by atoms with Crippen LogP contribution in [0.5, 0.6) is 5.75 Å². The molecule has 0 atom stereocenters. The maximum Gasteiger partial charge on any atom is 0.261 e. The number of hydrogen-bond donors (Lipinski definition) is 1. The van der Waals surface area contributed by atoms with E-state index in [0.29, 0.717) is 42.6 Å². The molecule has 6 rings (SSSR count). The normalized spacial score (nSPS) is 16.4. The first-order valence-corrected chi connectivity index (χ1v) is 13.4. The molecule has 3 aromatic carbocycles. The molecule has 1 amide bonds. The van der Waals surface area contributed by atoms with Crippen molar-refractivity contribution in [3.8, 4) is 5.75 Å². The van der Waals surface area contributed by atoms with Crippen molar-refractivity contribution in [1.82, 2.24) is 14.5 Å². The van der Waals surface area contributed by atoms with E-state index >= 15 is 0 Å². The Balaban J connectivity index is 1.14. The smallest absolute Gasteiger partial charge is 0.261 e. The van der Waals surface area contributed by atoms with Gasteiger partial charge in [0.2, 0.25) is 0 Å². The molecule has 1 fully saturated rings. The molecule has 1 N–H and O–H groups in total. The molecule has 2 aliphatic rings. The third-order valence-corrected chi connectivity index (χ3v) is 8.05. The van der Waals surface area contributed by atoms with Gasteiger partial charge in [0.1, 0.15) is 5.75 Å². The average Bonchev–Trinajstić information content (AvgIpc) is 3.37. The Labute approximate surface area is 227 Å². The summed E-state index contributed by atoms with van der Waals surface area (Å²) in [7, 11) is 1.57. The van der Waals surface area contributed by atoms with Crippen molar-refractivity contribution in [2.24, 2.45) is 0 Å². The molecule has 0 unspecified atom stereocenters. The highest BCUT2D eigenvalue weighted by molar-refractivity contribution is 5.97. The van der Waals surface area contributed by atoms with Crippen LogP contribution in [-0.2, 0) is 19.5 Å². The standard InChI is InChI=1S/C31H32N4O4/c1-39-23-10-11-26-27(18-23)32-21-35(30(26)37)20-31(38)13-16-33(17-14-31)29(36)25-8-5-9-28-24(25)12-15-34(28)19-22-6-3-2-4-7-22/h2-11,18,21,38H,12-17,19-20H2,1H3. The number of ether oxygens (including phenoxy) is 1. The van der Waals surface area contributed by atoms with E-state index in [0.717, 1.165) is 36.3 Å². The number of nitrogens with zero attached hydrogens (tertiary/aromatic N) is 4. The summed E-state index contributed by atoms with van der Waals surface area (Å²) in [6.45, 7) is 2.70. The van der Waals surface area contributed by atoms with Gasteiger partial charge in [0.05, 0.1) is 36.5 Å². The number of carbonyl (C=O) groups excluding carboxylic acids is 1. The fourth-order valence-electron chi connectivity index (χ4n) is 5.82. The van der Waals surface area contributed by atoms with E-state index in [1.807, 2.05) is 35.2 Å². The summed E-state index contributed by atoms with van der Waals surface area (Å²) in [6, 6.07) is 21.5. The summed E-state index contributed by atoms with van der Waals surface area (Å²) in [5.74, 6) is 0.643. The van der Waals surface area contributed by atoms with Crippen LogP contribution in [0.25, 0.3) is 10.9 Å². The highest BCUT2D eigenvalue weighted by Crippen LogP contribution is 2.33. The number of methoxy groups -OCH3 is 1. The summed E-state index contributed by atoms with van der Waals surface area (Å²) in [5.41, 5.74) is 3.49. The molecular weight excluding hydrogens is 492 g/mol. The SMILES string of the molecule is COc1ccc2c(=O)n(CC3(O)CCN(C(=O)c4cccc5c4CCN5Cc4ccccc4)CC3)cnc2c1. The van der Waals surface area contributed by atoms with Crippen LogP contribution < -0.4 is 15.2 Å². The summed E-state index contributed by atoms with van der Waals surface area (Å²) in [5, 5.41) is 11.8. The Kier molecular flexibility index (Phi) is 6.56. The van der Waals surface area contributed by atoms with Crippen LogP contribution in [-0.4, -0.2) is 57.8 Å². The second kappa shape index (κ2) is 10.2. The van der Waals surface area contributed by atoms with Gasteiger partial charge in [0.25, 0.3) is 11.5 Å². The van der Waals surface area contributed by atoms with Gasteiger partial charge in [-0.3, -0.25) is 14.2 Å². The van der Waals surface area contributed by atoms with Gasteiger partial charge in [-0.15, -0.1) is 0 Å². The molecular formula is C31H32N4O4. The van der Waals surface area contributed by atoms with Crippen molar-refractivity contribution in [1.29, 1.82) is 0 Å². The lowest BCUT2D eigenvalue weighted by Gasteiger charge is -2.38. The van der Waals surface area contributed by atoms with E-state index < -0.39 is 5.60 Å². The van der Waals surface area contributed by atoms with Gasteiger partial charge in [-0.25, -0.2) is 4.98 Å². The number of aliphatic hydroxyl groups is 1. The number of benzene rings is 3. The fraction of sp³-hybridized carbons (Fsp3) is 0.323. The molecule has 0 aliphatic carbocycles. The largest absolute Gasteiger partial charge is 0.497 e. The van der Waals surface area contributed by atoms with Gasteiger partial charge < -0.3 is 19.6 Å². The molecule has 0 spiro atoms. The third-order valence-electron chi connectivity index (χ3n) is 8.05. The third kappa shape index (κ3) is 4.88. The molecule has 8 nitrogen and oxygen atoms in total. The van der Waals surface area contributed by atoms with Crippen molar-refractivity contribution in [3.05, 3.63) is 100 Å². The van der Waals surface area contributed by atoms with E-state index in [-0.39, 0.29) is 18.0 Å². The van der Waals surface area contributed by atoms with Crippen LogP contribution >= 0.6 is 0 Å². The molecule has 1 aromatic heterocycles. The highest BCUT2D eigenvalue weighted by Gasteiger charge is 2.36. The number of hydrogen-bond acceptors (Lipinski definition) is 6. The Bertz CT molecular complexity index is 1580. The molecule has 0 radical (unpaired) electrons. The van der Waals surface area contributed by atoms with Gasteiger partial charge in [0, 0.05) is 43.5 Å². The van der Waals surface area contributed by atoms with E-state index in [1.165, 1.54) is 16.5 Å². The minimum atomic E-state index is -1.09. The molecule has 2 aliphatic heterocycles. The quantitative estimate of drug-likeness (QED) is 0.415. The van der Waals surface area contributed by atoms with E-state index in [1.54, 1.807) is 25.3 Å². The Morgan fingerprint density at radius 3 is 2.59 bits per heavy atom. The van der Waals surface area contributed by atoms with Crippen LogP contribution in [0.2, 0.25) is 0 Å². The van der Waals surface area contributed by atoms with Gasteiger partial charge in [-0.2, -0.15) is 0 Å². The van der Waals surface area contributed by atoms with Crippen molar-refractivity contribution in [2.45, 2.75) is 38.0 Å². The van der Waals surface area contributed by atoms with Crippen LogP contribution in [0.15, 0.2) is 77.9 Å². The molecule has 3 heterocycles. The summed E-state index contributed by atoms with van der Waals surface area (Å²) < 4.78 is 6.69. The average molecular weight is 525 g/mol. The highest BCUT2D eigenvalue weighted by atomic mass is 16.5. The number of aromatic nitrogens is 2.